The van der Waals surface area contributed by atoms with E-state index in [1.807, 2.05) is 11.8 Å². The quantitative estimate of drug-likeness (QED) is 0.672. The number of carbonyl (C=O) groups excluding carboxylic acids is 2. The predicted octanol–water partition coefficient (Wildman–Crippen LogP) is 2.14. The number of amides is 2. The fourth-order valence-corrected chi connectivity index (χ4v) is 3.52. The van der Waals surface area contributed by atoms with Gasteiger partial charge in [0, 0.05) is 26.1 Å². The summed E-state index contributed by atoms with van der Waals surface area (Å²) in [7, 11) is 0. The van der Waals surface area contributed by atoms with Crippen molar-refractivity contribution in [1.29, 1.82) is 0 Å². The van der Waals surface area contributed by atoms with E-state index in [0.717, 1.165) is 19.3 Å². The molecule has 7 heteroatoms. The van der Waals surface area contributed by atoms with Gasteiger partial charge in [-0.25, -0.2) is 0 Å². The molecule has 1 N–H and O–H groups in total. The Bertz CT molecular complexity index is 481. The molecule has 1 aliphatic rings. The van der Waals surface area contributed by atoms with E-state index in [-0.39, 0.29) is 30.5 Å². The van der Waals surface area contributed by atoms with Gasteiger partial charge in [0.15, 0.2) is 0 Å². The second kappa shape index (κ2) is 11.2. The molecule has 0 spiro atoms. The first kappa shape index (κ1) is 22.4. The van der Waals surface area contributed by atoms with Crippen molar-refractivity contribution in [3.8, 4) is 0 Å². The van der Waals surface area contributed by atoms with Gasteiger partial charge >= 0.3 is 5.97 Å². The number of carboxylic acid groups (broad SMARTS) is 1. The lowest BCUT2D eigenvalue weighted by Gasteiger charge is -2.29. The van der Waals surface area contributed by atoms with E-state index in [1.165, 1.54) is 11.8 Å². The van der Waals surface area contributed by atoms with Crippen molar-refractivity contribution in [2.45, 2.75) is 71.9 Å². The highest BCUT2D eigenvalue weighted by atomic mass is 16.5. The zero-order chi connectivity index (χ0) is 19.7. The van der Waals surface area contributed by atoms with Crippen molar-refractivity contribution >= 4 is 17.8 Å². The smallest absolute Gasteiger partial charge is 0.323 e. The summed E-state index contributed by atoms with van der Waals surface area (Å²) in [6.45, 7) is 9.05. The molecule has 0 aromatic carbocycles. The summed E-state index contributed by atoms with van der Waals surface area (Å²) in [6.07, 6.45) is 3.59. The van der Waals surface area contributed by atoms with Crippen LogP contribution in [-0.2, 0) is 19.1 Å². The summed E-state index contributed by atoms with van der Waals surface area (Å²) in [5.41, 5.74) is 0. The van der Waals surface area contributed by atoms with Gasteiger partial charge in [0.2, 0.25) is 11.8 Å². The Balaban J connectivity index is 2.45. The maximum absolute atomic E-state index is 12.4. The number of carbonyl (C=O) groups is 3. The first-order valence-corrected chi connectivity index (χ1v) is 9.59. The highest BCUT2D eigenvalue weighted by Gasteiger charge is 2.27. The Morgan fingerprint density at radius 2 is 1.88 bits per heavy atom. The summed E-state index contributed by atoms with van der Waals surface area (Å²) in [6, 6.07) is -0.122. The summed E-state index contributed by atoms with van der Waals surface area (Å²) in [5.74, 6) is -0.608. The number of nitrogens with zero attached hydrogens (tertiary/aromatic N) is 2. The normalized spacial score (nSPS) is 19.1. The van der Waals surface area contributed by atoms with Crippen LogP contribution < -0.4 is 0 Å². The van der Waals surface area contributed by atoms with E-state index < -0.39 is 5.97 Å². The maximum atomic E-state index is 12.4. The third-order valence-electron chi connectivity index (χ3n) is 4.72. The molecule has 1 aliphatic heterocycles. The number of hydrogen-bond acceptors (Lipinski definition) is 4. The minimum Gasteiger partial charge on any atom is -0.480 e. The molecular formula is C19H34N2O5. The van der Waals surface area contributed by atoms with Crippen LogP contribution in [0.2, 0.25) is 0 Å². The molecule has 26 heavy (non-hydrogen) atoms. The van der Waals surface area contributed by atoms with Crippen molar-refractivity contribution in [3.05, 3.63) is 0 Å². The van der Waals surface area contributed by atoms with Gasteiger partial charge in [-0.3, -0.25) is 14.4 Å². The van der Waals surface area contributed by atoms with Crippen molar-refractivity contribution < 1.29 is 24.2 Å². The summed E-state index contributed by atoms with van der Waals surface area (Å²) < 4.78 is 5.71. The Morgan fingerprint density at radius 1 is 1.19 bits per heavy atom. The van der Waals surface area contributed by atoms with Gasteiger partial charge in [-0.2, -0.15) is 0 Å². The lowest BCUT2D eigenvalue weighted by atomic mass is 10.1. The average molecular weight is 370 g/mol. The molecule has 7 nitrogen and oxygen atoms in total. The van der Waals surface area contributed by atoms with E-state index in [0.29, 0.717) is 38.5 Å². The molecule has 0 aromatic rings. The number of rotatable bonds is 9. The van der Waals surface area contributed by atoms with E-state index in [9.17, 15) is 14.4 Å². The molecule has 0 saturated carbocycles. The Labute approximate surface area is 156 Å². The van der Waals surface area contributed by atoms with Gasteiger partial charge < -0.3 is 19.6 Å². The lowest BCUT2D eigenvalue weighted by molar-refractivity contribution is -0.145. The van der Waals surface area contributed by atoms with Crippen LogP contribution in [0, 0.1) is 5.92 Å². The van der Waals surface area contributed by atoms with E-state index in [4.69, 9.17) is 9.84 Å². The molecule has 2 unspecified atom stereocenters. The van der Waals surface area contributed by atoms with Gasteiger partial charge in [0.1, 0.15) is 6.54 Å². The van der Waals surface area contributed by atoms with E-state index in [1.54, 1.807) is 0 Å². The lowest BCUT2D eigenvalue weighted by Crippen LogP contribution is -2.43. The van der Waals surface area contributed by atoms with Crippen LogP contribution >= 0.6 is 0 Å². The molecule has 0 bridgehead atoms. The molecule has 1 saturated heterocycles. The van der Waals surface area contributed by atoms with Crippen LogP contribution in [0.3, 0.4) is 0 Å². The molecule has 2 amide bonds. The van der Waals surface area contributed by atoms with Gasteiger partial charge in [-0.1, -0.05) is 13.8 Å². The largest absolute Gasteiger partial charge is 0.480 e. The van der Waals surface area contributed by atoms with Crippen molar-refractivity contribution in [2.75, 3.05) is 26.2 Å². The molecule has 1 rings (SSSR count). The first-order valence-electron chi connectivity index (χ1n) is 9.59. The van der Waals surface area contributed by atoms with Crippen LogP contribution in [-0.4, -0.2) is 71.1 Å². The topological polar surface area (TPSA) is 87.2 Å². The van der Waals surface area contributed by atoms with Crippen LogP contribution in [0.15, 0.2) is 0 Å². The van der Waals surface area contributed by atoms with Crippen molar-refractivity contribution in [2.24, 2.45) is 5.92 Å². The van der Waals surface area contributed by atoms with Gasteiger partial charge in [0.25, 0.3) is 0 Å². The molecule has 150 valence electrons. The van der Waals surface area contributed by atoms with Crippen LogP contribution in [0.5, 0.6) is 0 Å². The fourth-order valence-electron chi connectivity index (χ4n) is 3.52. The Hall–Kier alpha value is -1.63. The van der Waals surface area contributed by atoms with E-state index >= 15 is 0 Å². The zero-order valence-electron chi connectivity index (χ0n) is 16.6. The summed E-state index contributed by atoms with van der Waals surface area (Å²) >= 11 is 0. The van der Waals surface area contributed by atoms with Gasteiger partial charge in [-0.05, 0) is 38.5 Å². The molecule has 1 fully saturated rings. The SMILES string of the molecule is CC(=O)N(CC(=O)O)C1CCCN(C(=O)CCOC(C)CC(C)C)CC1. The Kier molecular flexibility index (Phi) is 9.62. The number of likely N-dealkylation sites (tertiary alicyclic amines) is 1. The second-order valence-corrected chi connectivity index (χ2v) is 7.57. The number of aliphatic carboxylic acids is 1. The first-order chi connectivity index (χ1) is 12.2. The monoisotopic (exact) mass is 370 g/mol. The number of ether oxygens (including phenoxy) is 1. The summed E-state index contributed by atoms with van der Waals surface area (Å²) in [4.78, 5) is 38.4. The van der Waals surface area contributed by atoms with Gasteiger partial charge in [0.05, 0.1) is 19.1 Å². The van der Waals surface area contributed by atoms with Crippen LogP contribution in [0.4, 0.5) is 0 Å². The third kappa shape index (κ3) is 8.17. The van der Waals surface area contributed by atoms with Crippen LogP contribution in [0.1, 0.15) is 59.8 Å². The third-order valence-corrected chi connectivity index (χ3v) is 4.72. The standard InChI is InChI=1S/C19H34N2O5/c1-14(2)12-15(3)26-11-8-18(23)20-9-5-6-17(7-10-20)21(16(4)22)13-19(24)25/h14-15,17H,5-13H2,1-4H3,(H,24,25). The number of carboxylic acids is 1. The predicted molar refractivity (Wildman–Crippen MR) is 98.7 cm³/mol. The molecule has 1 heterocycles. The highest BCUT2D eigenvalue weighted by Crippen LogP contribution is 2.18. The van der Waals surface area contributed by atoms with Crippen LogP contribution in [0.25, 0.3) is 0 Å². The minimum absolute atomic E-state index is 0.0648. The summed E-state index contributed by atoms with van der Waals surface area (Å²) in [5, 5.41) is 9.00. The van der Waals surface area contributed by atoms with Gasteiger partial charge in [-0.15, -0.1) is 0 Å². The molecule has 0 aliphatic carbocycles. The zero-order valence-corrected chi connectivity index (χ0v) is 16.6. The molecule has 0 radical (unpaired) electrons. The molecular weight excluding hydrogens is 336 g/mol. The molecule has 2 atom stereocenters. The second-order valence-electron chi connectivity index (χ2n) is 7.57. The van der Waals surface area contributed by atoms with Crippen molar-refractivity contribution in [1.82, 2.24) is 9.80 Å². The minimum atomic E-state index is -1.01. The number of hydrogen-bond donors (Lipinski definition) is 1. The Morgan fingerprint density at radius 3 is 2.46 bits per heavy atom. The molecule has 0 aromatic heterocycles. The van der Waals surface area contributed by atoms with E-state index in [2.05, 4.69) is 13.8 Å². The van der Waals surface area contributed by atoms with Crippen molar-refractivity contribution in [3.63, 3.8) is 0 Å². The highest BCUT2D eigenvalue weighted by molar-refractivity contribution is 5.80. The maximum Gasteiger partial charge on any atom is 0.323 e. The average Bonchev–Trinajstić information content (AvgIpc) is 2.77. The fraction of sp³-hybridized carbons (Fsp3) is 0.842.